The highest BCUT2D eigenvalue weighted by Gasteiger charge is 2.11. The first-order valence-corrected chi connectivity index (χ1v) is 9.55. The quantitative estimate of drug-likeness (QED) is 0.634. The molecule has 2 N–H and O–H groups in total. The Morgan fingerprint density at radius 2 is 1.72 bits per heavy atom. The van der Waals surface area contributed by atoms with E-state index in [9.17, 15) is 4.79 Å². The summed E-state index contributed by atoms with van der Waals surface area (Å²) >= 11 is 0. The van der Waals surface area contributed by atoms with Gasteiger partial charge in [0, 0.05) is 18.3 Å². The van der Waals surface area contributed by atoms with Crippen molar-refractivity contribution in [3.63, 3.8) is 0 Å². The summed E-state index contributed by atoms with van der Waals surface area (Å²) in [6.07, 6.45) is 0.674. The van der Waals surface area contributed by atoms with E-state index in [1.54, 1.807) is 20.1 Å². The van der Waals surface area contributed by atoms with Crippen molar-refractivity contribution in [1.29, 1.82) is 0 Å². The number of nitrogens with zero attached hydrogens (tertiary/aromatic N) is 2. The molecule has 0 radical (unpaired) electrons. The van der Waals surface area contributed by atoms with Crippen LogP contribution in [0.3, 0.4) is 0 Å². The molecule has 1 heterocycles. The first-order valence-electron chi connectivity index (χ1n) is 9.55. The minimum Gasteiger partial charge on any atom is -0.496 e. The van der Waals surface area contributed by atoms with Crippen LogP contribution in [0.2, 0.25) is 0 Å². The average molecular weight is 390 g/mol. The molecule has 0 aliphatic heterocycles. The van der Waals surface area contributed by atoms with Crippen molar-refractivity contribution in [3.8, 4) is 5.75 Å². The van der Waals surface area contributed by atoms with Gasteiger partial charge in [-0.15, -0.1) is 0 Å². The van der Waals surface area contributed by atoms with Crippen LogP contribution in [0, 0.1) is 20.8 Å². The van der Waals surface area contributed by atoms with E-state index in [1.807, 2.05) is 50.2 Å². The van der Waals surface area contributed by atoms with Gasteiger partial charge in [-0.25, -0.2) is 9.97 Å². The van der Waals surface area contributed by atoms with Gasteiger partial charge < -0.3 is 15.4 Å². The van der Waals surface area contributed by atoms with Gasteiger partial charge in [-0.3, -0.25) is 4.79 Å². The Balaban J connectivity index is 1.67. The summed E-state index contributed by atoms with van der Waals surface area (Å²) < 4.78 is 5.35. The Morgan fingerprint density at radius 1 is 1.00 bits per heavy atom. The highest BCUT2D eigenvalue weighted by molar-refractivity contribution is 5.93. The second-order valence-electron chi connectivity index (χ2n) is 7.00. The van der Waals surface area contributed by atoms with Crippen molar-refractivity contribution < 1.29 is 9.53 Å². The summed E-state index contributed by atoms with van der Waals surface area (Å²) in [5, 5.41) is 6.19. The van der Waals surface area contributed by atoms with Gasteiger partial charge in [-0.05, 0) is 62.1 Å². The lowest BCUT2D eigenvalue weighted by atomic mass is 10.1. The number of anilines is 2. The van der Waals surface area contributed by atoms with E-state index < -0.39 is 0 Å². The van der Waals surface area contributed by atoms with E-state index >= 15 is 0 Å². The molecular formula is C23H26N4O2. The Labute approximate surface area is 171 Å². The summed E-state index contributed by atoms with van der Waals surface area (Å²) in [6.45, 7) is 6.36. The molecule has 0 saturated heterocycles. The molecule has 0 bridgehead atoms. The summed E-state index contributed by atoms with van der Waals surface area (Å²) in [5.74, 6) is 1.72. The second kappa shape index (κ2) is 9.19. The summed E-state index contributed by atoms with van der Waals surface area (Å²) in [4.78, 5) is 21.3. The normalized spacial score (nSPS) is 10.5. The van der Waals surface area contributed by atoms with Crippen LogP contribution < -0.4 is 15.4 Å². The maximum absolute atomic E-state index is 12.6. The van der Waals surface area contributed by atoms with E-state index in [4.69, 9.17) is 4.74 Å². The average Bonchev–Trinajstić information content (AvgIpc) is 2.67. The van der Waals surface area contributed by atoms with Crippen molar-refractivity contribution >= 4 is 17.4 Å². The lowest BCUT2D eigenvalue weighted by Crippen LogP contribution is -2.27. The number of aromatic nitrogens is 2. The number of carbonyl (C=O) groups is 1. The van der Waals surface area contributed by atoms with E-state index in [1.165, 1.54) is 0 Å². The van der Waals surface area contributed by atoms with Crippen LogP contribution in [0.5, 0.6) is 5.75 Å². The number of para-hydroxylation sites is 1. The molecule has 150 valence electrons. The van der Waals surface area contributed by atoms with Crippen LogP contribution in [0.25, 0.3) is 0 Å². The van der Waals surface area contributed by atoms with Gasteiger partial charge >= 0.3 is 0 Å². The zero-order valence-electron chi connectivity index (χ0n) is 17.2. The van der Waals surface area contributed by atoms with Gasteiger partial charge in [0.05, 0.1) is 7.11 Å². The third-order valence-corrected chi connectivity index (χ3v) is 4.44. The smallest absolute Gasteiger partial charge is 0.270 e. The molecule has 0 atom stereocenters. The number of rotatable bonds is 7. The Bertz CT molecular complexity index is 997. The highest BCUT2D eigenvalue weighted by atomic mass is 16.5. The number of carbonyl (C=O) groups excluding carboxylic acids is 1. The fourth-order valence-electron chi connectivity index (χ4n) is 3.25. The largest absolute Gasteiger partial charge is 0.496 e. The molecule has 0 aliphatic carbocycles. The molecule has 6 heteroatoms. The molecule has 0 unspecified atom stereocenters. The van der Waals surface area contributed by atoms with Crippen LogP contribution in [-0.4, -0.2) is 29.5 Å². The molecule has 0 aliphatic rings. The molecule has 0 spiro atoms. The third-order valence-electron chi connectivity index (χ3n) is 4.44. The molecule has 2 aromatic carbocycles. The molecular weight excluding hydrogens is 364 g/mol. The number of ether oxygens (including phenoxy) is 1. The monoisotopic (exact) mass is 390 g/mol. The summed E-state index contributed by atoms with van der Waals surface area (Å²) in [5.41, 5.74) is 4.64. The molecule has 3 rings (SSSR count). The van der Waals surface area contributed by atoms with E-state index in [-0.39, 0.29) is 5.91 Å². The predicted molar refractivity (Wildman–Crippen MR) is 115 cm³/mol. The number of methoxy groups -OCH3 is 1. The molecule has 0 fully saturated rings. The van der Waals surface area contributed by atoms with Crippen LogP contribution >= 0.6 is 0 Å². The fraction of sp³-hybridized carbons (Fsp3) is 0.261. The van der Waals surface area contributed by atoms with Gasteiger partial charge in [0.1, 0.15) is 23.1 Å². The first kappa shape index (κ1) is 20.3. The van der Waals surface area contributed by atoms with Crippen molar-refractivity contribution in [1.82, 2.24) is 15.3 Å². The first-order chi connectivity index (χ1) is 13.9. The number of hydrogen-bond donors (Lipinski definition) is 2. The maximum atomic E-state index is 12.6. The zero-order valence-corrected chi connectivity index (χ0v) is 17.2. The lowest BCUT2D eigenvalue weighted by Gasteiger charge is -2.11. The van der Waals surface area contributed by atoms with Crippen molar-refractivity contribution in [2.45, 2.75) is 27.2 Å². The summed E-state index contributed by atoms with van der Waals surface area (Å²) in [6, 6.07) is 15.6. The SMILES string of the molecule is COc1ccccc1CCNC(=O)c1cc(Nc2cc(C)cc(C)c2)nc(C)n1. The predicted octanol–water partition coefficient (Wildman–Crippen LogP) is 4.13. The van der Waals surface area contributed by atoms with Crippen LogP contribution in [0.15, 0.2) is 48.5 Å². The third kappa shape index (κ3) is 5.54. The minimum absolute atomic E-state index is 0.228. The van der Waals surface area contributed by atoms with E-state index in [2.05, 4.69) is 26.7 Å². The molecule has 29 heavy (non-hydrogen) atoms. The molecule has 0 saturated carbocycles. The van der Waals surface area contributed by atoms with Crippen molar-refractivity contribution in [3.05, 3.63) is 76.7 Å². The van der Waals surface area contributed by atoms with Crippen molar-refractivity contribution in [2.75, 3.05) is 19.0 Å². The summed E-state index contributed by atoms with van der Waals surface area (Å²) in [7, 11) is 1.64. The van der Waals surface area contributed by atoms with Gasteiger partial charge in [-0.1, -0.05) is 24.3 Å². The number of amides is 1. The van der Waals surface area contributed by atoms with Gasteiger partial charge in [0.2, 0.25) is 0 Å². The Morgan fingerprint density at radius 3 is 2.45 bits per heavy atom. The number of aryl methyl sites for hydroxylation is 3. The molecule has 6 nitrogen and oxygen atoms in total. The molecule has 1 amide bonds. The van der Waals surface area contributed by atoms with Gasteiger partial charge in [0.15, 0.2) is 0 Å². The highest BCUT2D eigenvalue weighted by Crippen LogP contribution is 2.19. The Kier molecular flexibility index (Phi) is 6.44. The molecule has 3 aromatic rings. The van der Waals surface area contributed by atoms with E-state index in [0.29, 0.717) is 30.3 Å². The number of nitrogens with one attached hydrogen (secondary N) is 2. The lowest BCUT2D eigenvalue weighted by molar-refractivity contribution is 0.0948. The topological polar surface area (TPSA) is 76.1 Å². The number of benzene rings is 2. The van der Waals surface area contributed by atoms with Gasteiger partial charge in [0.25, 0.3) is 5.91 Å². The van der Waals surface area contributed by atoms with E-state index in [0.717, 1.165) is 28.1 Å². The zero-order chi connectivity index (χ0) is 20.8. The van der Waals surface area contributed by atoms with Crippen LogP contribution in [-0.2, 0) is 6.42 Å². The Hall–Kier alpha value is -3.41. The van der Waals surface area contributed by atoms with Crippen LogP contribution in [0.1, 0.15) is 33.0 Å². The van der Waals surface area contributed by atoms with Crippen LogP contribution in [0.4, 0.5) is 11.5 Å². The fourth-order valence-corrected chi connectivity index (χ4v) is 3.25. The van der Waals surface area contributed by atoms with Gasteiger partial charge in [-0.2, -0.15) is 0 Å². The standard InChI is InChI=1S/C23H26N4O2/c1-15-11-16(2)13-19(12-15)27-22-14-20(25-17(3)26-22)23(28)24-10-9-18-7-5-6-8-21(18)29-4/h5-8,11-14H,9-10H2,1-4H3,(H,24,28)(H,25,26,27). The second-order valence-corrected chi connectivity index (χ2v) is 7.00. The maximum Gasteiger partial charge on any atom is 0.270 e. The molecule has 1 aromatic heterocycles. The minimum atomic E-state index is -0.228. The number of hydrogen-bond acceptors (Lipinski definition) is 5. The van der Waals surface area contributed by atoms with Crippen molar-refractivity contribution in [2.24, 2.45) is 0 Å².